The van der Waals surface area contributed by atoms with Gasteiger partial charge in [-0.1, -0.05) is 12.5 Å². The van der Waals surface area contributed by atoms with Crippen LogP contribution in [0.4, 0.5) is 0 Å². The van der Waals surface area contributed by atoms with E-state index >= 15 is 0 Å². The molecule has 3 nitrogen and oxygen atoms in total. The number of hydrogen-bond acceptors (Lipinski definition) is 3. The van der Waals surface area contributed by atoms with Crippen LogP contribution in [0.25, 0.3) is 0 Å². The molecule has 16 heavy (non-hydrogen) atoms. The lowest BCUT2D eigenvalue weighted by molar-refractivity contribution is 0.338. The minimum Gasteiger partial charge on any atom is -0.495 e. The first kappa shape index (κ1) is 11.0. The Kier molecular flexibility index (Phi) is 3.43. The van der Waals surface area contributed by atoms with Crippen molar-refractivity contribution in [2.45, 2.75) is 31.8 Å². The summed E-state index contributed by atoms with van der Waals surface area (Å²) >= 11 is 0. The molecule has 84 valence electrons. The molecular formula is C13H16N2O. The lowest BCUT2D eigenvalue weighted by Gasteiger charge is -2.26. The fourth-order valence-corrected chi connectivity index (χ4v) is 1.83. The van der Waals surface area contributed by atoms with E-state index in [1.807, 2.05) is 18.2 Å². The minimum absolute atomic E-state index is 0.607. The molecule has 0 radical (unpaired) electrons. The Hall–Kier alpha value is -1.53. The van der Waals surface area contributed by atoms with Crippen molar-refractivity contribution in [3.63, 3.8) is 0 Å². The van der Waals surface area contributed by atoms with Gasteiger partial charge in [-0.05, 0) is 30.5 Å². The molecule has 0 amide bonds. The van der Waals surface area contributed by atoms with Crippen LogP contribution in [0.3, 0.4) is 0 Å². The third kappa shape index (κ3) is 2.34. The standard InChI is InChI=1S/C13H16N2O/c1-16-13-6-5-10(7-11(13)8-14)9-15-12-3-2-4-12/h5-7,12,15H,2-4,9H2,1H3. The van der Waals surface area contributed by atoms with Crippen LogP contribution in [0.5, 0.6) is 5.75 Å². The van der Waals surface area contributed by atoms with Gasteiger partial charge in [0.25, 0.3) is 0 Å². The van der Waals surface area contributed by atoms with Gasteiger partial charge >= 0.3 is 0 Å². The Morgan fingerprint density at radius 2 is 2.31 bits per heavy atom. The van der Waals surface area contributed by atoms with Gasteiger partial charge < -0.3 is 10.1 Å². The third-order valence-corrected chi connectivity index (χ3v) is 3.08. The van der Waals surface area contributed by atoms with Crippen molar-refractivity contribution in [3.05, 3.63) is 29.3 Å². The first-order valence-electron chi connectivity index (χ1n) is 5.64. The smallest absolute Gasteiger partial charge is 0.136 e. The summed E-state index contributed by atoms with van der Waals surface area (Å²) < 4.78 is 5.11. The summed E-state index contributed by atoms with van der Waals surface area (Å²) in [6, 6.07) is 8.58. The summed E-state index contributed by atoms with van der Waals surface area (Å²) in [6.07, 6.45) is 3.90. The monoisotopic (exact) mass is 216 g/mol. The number of nitrogens with one attached hydrogen (secondary N) is 1. The van der Waals surface area contributed by atoms with Gasteiger partial charge in [-0.15, -0.1) is 0 Å². The van der Waals surface area contributed by atoms with Crippen molar-refractivity contribution in [1.82, 2.24) is 5.32 Å². The van der Waals surface area contributed by atoms with Crippen molar-refractivity contribution >= 4 is 0 Å². The number of methoxy groups -OCH3 is 1. The lowest BCUT2D eigenvalue weighted by Crippen LogP contribution is -2.34. The van der Waals surface area contributed by atoms with E-state index in [-0.39, 0.29) is 0 Å². The summed E-state index contributed by atoms with van der Waals surface area (Å²) in [6.45, 7) is 0.837. The molecule has 0 unspecified atom stereocenters. The first-order chi connectivity index (χ1) is 7.83. The predicted octanol–water partition coefficient (Wildman–Crippen LogP) is 2.21. The van der Waals surface area contributed by atoms with E-state index in [1.165, 1.54) is 19.3 Å². The molecule has 0 aromatic heterocycles. The number of nitrogens with zero attached hydrogens (tertiary/aromatic N) is 1. The SMILES string of the molecule is COc1ccc(CNC2CCC2)cc1C#N. The zero-order valence-corrected chi connectivity index (χ0v) is 9.49. The van der Waals surface area contributed by atoms with Gasteiger partial charge in [-0.25, -0.2) is 0 Å². The highest BCUT2D eigenvalue weighted by Crippen LogP contribution is 2.21. The molecule has 1 fully saturated rings. The van der Waals surface area contributed by atoms with Gasteiger partial charge in [0.15, 0.2) is 0 Å². The van der Waals surface area contributed by atoms with E-state index in [4.69, 9.17) is 10.00 Å². The second-order valence-corrected chi connectivity index (χ2v) is 4.16. The molecule has 1 aromatic rings. The highest BCUT2D eigenvalue weighted by molar-refractivity contribution is 5.45. The van der Waals surface area contributed by atoms with E-state index < -0.39 is 0 Å². The molecule has 0 atom stereocenters. The molecule has 0 spiro atoms. The highest BCUT2D eigenvalue weighted by Gasteiger charge is 2.16. The molecule has 0 saturated heterocycles. The summed E-state index contributed by atoms with van der Waals surface area (Å²) in [4.78, 5) is 0. The number of ether oxygens (including phenoxy) is 1. The molecular weight excluding hydrogens is 200 g/mol. The molecule has 2 rings (SSSR count). The normalized spacial score (nSPS) is 15.2. The number of nitriles is 1. The van der Waals surface area contributed by atoms with Gasteiger partial charge in [0.05, 0.1) is 12.7 Å². The Morgan fingerprint density at radius 3 is 2.88 bits per heavy atom. The second-order valence-electron chi connectivity index (χ2n) is 4.16. The molecule has 3 heteroatoms. The molecule has 1 aliphatic rings. The maximum Gasteiger partial charge on any atom is 0.136 e. The summed E-state index contributed by atoms with van der Waals surface area (Å²) in [7, 11) is 1.59. The zero-order chi connectivity index (χ0) is 11.4. The lowest BCUT2D eigenvalue weighted by atomic mass is 9.93. The van der Waals surface area contributed by atoms with Gasteiger partial charge in [0.1, 0.15) is 11.8 Å². The van der Waals surface area contributed by atoms with Crippen molar-refractivity contribution in [2.75, 3.05) is 7.11 Å². The van der Waals surface area contributed by atoms with Crippen LogP contribution in [0.15, 0.2) is 18.2 Å². The van der Waals surface area contributed by atoms with Gasteiger partial charge in [-0.2, -0.15) is 5.26 Å². The summed E-state index contributed by atoms with van der Waals surface area (Å²) in [5, 5.41) is 12.4. The average molecular weight is 216 g/mol. The molecule has 1 saturated carbocycles. The van der Waals surface area contributed by atoms with Crippen molar-refractivity contribution in [1.29, 1.82) is 5.26 Å². The van der Waals surface area contributed by atoms with Gasteiger partial charge in [-0.3, -0.25) is 0 Å². The van der Waals surface area contributed by atoms with Crippen LogP contribution >= 0.6 is 0 Å². The van der Waals surface area contributed by atoms with E-state index in [0.717, 1.165) is 12.1 Å². The average Bonchev–Trinajstić information content (AvgIpc) is 2.26. The molecule has 1 aromatic carbocycles. The summed E-state index contributed by atoms with van der Waals surface area (Å²) in [5.74, 6) is 0.648. The maximum atomic E-state index is 8.96. The van der Waals surface area contributed by atoms with Crippen molar-refractivity contribution < 1.29 is 4.74 Å². The Labute approximate surface area is 96.0 Å². The second kappa shape index (κ2) is 5.00. The molecule has 0 bridgehead atoms. The molecule has 1 N–H and O–H groups in total. The predicted molar refractivity (Wildman–Crippen MR) is 62.2 cm³/mol. The molecule has 0 aliphatic heterocycles. The number of hydrogen-bond donors (Lipinski definition) is 1. The van der Waals surface area contributed by atoms with Crippen LogP contribution in [-0.4, -0.2) is 13.2 Å². The molecule has 1 aliphatic carbocycles. The van der Waals surface area contributed by atoms with E-state index in [1.54, 1.807) is 7.11 Å². The quantitative estimate of drug-likeness (QED) is 0.839. The number of rotatable bonds is 4. The Bertz CT molecular complexity index is 405. The number of benzene rings is 1. The van der Waals surface area contributed by atoms with Gasteiger partial charge in [0, 0.05) is 12.6 Å². The topological polar surface area (TPSA) is 45.0 Å². The van der Waals surface area contributed by atoms with Crippen LogP contribution < -0.4 is 10.1 Å². The van der Waals surface area contributed by atoms with E-state index in [0.29, 0.717) is 17.4 Å². The van der Waals surface area contributed by atoms with E-state index in [9.17, 15) is 0 Å². The minimum atomic E-state index is 0.607. The first-order valence-corrected chi connectivity index (χ1v) is 5.64. The third-order valence-electron chi connectivity index (χ3n) is 3.08. The fraction of sp³-hybridized carbons (Fsp3) is 0.462. The Balaban J connectivity index is 2.01. The van der Waals surface area contributed by atoms with Crippen molar-refractivity contribution in [2.24, 2.45) is 0 Å². The highest BCUT2D eigenvalue weighted by atomic mass is 16.5. The molecule has 0 heterocycles. The van der Waals surface area contributed by atoms with Crippen LogP contribution in [0, 0.1) is 11.3 Å². The van der Waals surface area contributed by atoms with Crippen molar-refractivity contribution in [3.8, 4) is 11.8 Å². The van der Waals surface area contributed by atoms with Crippen LogP contribution in [0.2, 0.25) is 0 Å². The van der Waals surface area contributed by atoms with Crippen LogP contribution in [0.1, 0.15) is 30.4 Å². The maximum absolute atomic E-state index is 8.96. The van der Waals surface area contributed by atoms with Gasteiger partial charge in [0.2, 0.25) is 0 Å². The fourth-order valence-electron chi connectivity index (χ4n) is 1.83. The summed E-state index contributed by atoms with van der Waals surface area (Å²) in [5.41, 5.74) is 1.75. The largest absolute Gasteiger partial charge is 0.495 e. The zero-order valence-electron chi connectivity index (χ0n) is 9.49. The Morgan fingerprint density at radius 1 is 1.50 bits per heavy atom. The van der Waals surface area contributed by atoms with E-state index in [2.05, 4.69) is 11.4 Å². The van der Waals surface area contributed by atoms with Crippen LogP contribution in [-0.2, 0) is 6.54 Å².